The number of rotatable bonds is 5. The van der Waals surface area contributed by atoms with E-state index in [1.54, 1.807) is 66.6 Å². The van der Waals surface area contributed by atoms with Crippen molar-refractivity contribution in [3.8, 4) is 0 Å². The minimum atomic E-state index is -1.65. The molecule has 0 amide bonds. The van der Waals surface area contributed by atoms with Gasteiger partial charge in [-0.3, -0.25) is 0 Å². The Hall–Kier alpha value is 1.15. The topological polar surface area (TPSA) is 85.3 Å². The third-order valence-electron chi connectivity index (χ3n) is 3.81. The van der Waals surface area contributed by atoms with Crippen LogP contribution in [-0.2, 0) is 22.8 Å². The van der Waals surface area contributed by atoms with E-state index in [1.807, 2.05) is 34.6 Å². The quantitative estimate of drug-likeness (QED) is 0.335. The van der Waals surface area contributed by atoms with Crippen LogP contribution in [0.4, 0.5) is 0 Å². The standard InChI is InChI=1S/5C4H11OP/c5*1-4-6(2,3)5/h5*4H2,1-3H3. The van der Waals surface area contributed by atoms with Gasteiger partial charge >= 0.3 is 0 Å². The minimum Gasteiger partial charge on any atom is -0.324 e. The first-order valence-corrected chi connectivity index (χ1v) is 24.4. The second-order valence-electron chi connectivity index (χ2n) is 9.45. The van der Waals surface area contributed by atoms with Gasteiger partial charge in [0.25, 0.3) is 0 Å². The third-order valence-corrected chi connectivity index (χ3v) is 11.4. The second kappa shape index (κ2) is 19.6. The molecule has 30 heavy (non-hydrogen) atoms. The average Bonchev–Trinajstić information content (AvgIpc) is 2.54. The van der Waals surface area contributed by atoms with E-state index >= 15 is 0 Å². The summed E-state index contributed by atoms with van der Waals surface area (Å²) in [7, 11) is -8.23. The van der Waals surface area contributed by atoms with Crippen LogP contribution in [0, 0.1) is 0 Å². The van der Waals surface area contributed by atoms with Crippen LogP contribution in [0.2, 0.25) is 0 Å². The smallest absolute Gasteiger partial charge is 0.0816 e. The summed E-state index contributed by atoms with van der Waals surface area (Å²) in [5.41, 5.74) is 0. The molecule has 0 radical (unpaired) electrons. The predicted octanol–water partition coefficient (Wildman–Crippen LogP) is 8.15. The largest absolute Gasteiger partial charge is 0.324 e. The first-order valence-electron chi connectivity index (χ1n) is 10.5. The molecule has 0 aromatic heterocycles. The molecule has 10 heteroatoms. The van der Waals surface area contributed by atoms with Crippen molar-refractivity contribution in [1.29, 1.82) is 0 Å². The fraction of sp³-hybridized carbons (Fsp3) is 1.00. The first-order chi connectivity index (χ1) is 12.8. The van der Waals surface area contributed by atoms with Gasteiger partial charge in [-0.1, -0.05) is 34.6 Å². The normalized spacial score (nSPS) is 11.8. The maximum absolute atomic E-state index is 10.6. The van der Waals surface area contributed by atoms with E-state index in [0.29, 0.717) is 0 Å². The van der Waals surface area contributed by atoms with E-state index in [-0.39, 0.29) is 0 Å². The maximum Gasteiger partial charge on any atom is 0.0816 e. The molecule has 0 bridgehead atoms. The lowest BCUT2D eigenvalue weighted by Gasteiger charge is -1.95. The van der Waals surface area contributed by atoms with Crippen LogP contribution < -0.4 is 0 Å². The molecule has 0 aliphatic rings. The van der Waals surface area contributed by atoms with Gasteiger partial charge in [-0.05, 0) is 97.5 Å². The van der Waals surface area contributed by atoms with Gasteiger partial charge in [-0.2, -0.15) is 0 Å². The van der Waals surface area contributed by atoms with Crippen LogP contribution in [0.3, 0.4) is 0 Å². The third kappa shape index (κ3) is 88.6. The molecule has 0 aliphatic heterocycles. The van der Waals surface area contributed by atoms with E-state index in [4.69, 9.17) is 0 Å². The van der Waals surface area contributed by atoms with Crippen LogP contribution in [0.1, 0.15) is 34.6 Å². The molecule has 5 nitrogen and oxygen atoms in total. The van der Waals surface area contributed by atoms with Crippen LogP contribution in [-0.4, -0.2) is 97.5 Å². The Balaban J connectivity index is -0.0000000868. The Bertz CT molecular complexity index is 486. The Morgan fingerprint density at radius 1 is 0.300 bits per heavy atom. The van der Waals surface area contributed by atoms with E-state index in [2.05, 4.69) is 0 Å². The molecule has 0 unspecified atom stereocenters. The van der Waals surface area contributed by atoms with E-state index < -0.39 is 35.7 Å². The van der Waals surface area contributed by atoms with Crippen LogP contribution >= 0.6 is 35.7 Å². The molecule has 0 saturated heterocycles. The molecule has 0 aromatic rings. The van der Waals surface area contributed by atoms with E-state index in [0.717, 1.165) is 30.8 Å². The highest BCUT2D eigenvalue weighted by Gasteiger charge is 2.00. The summed E-state index contributed by atoms with van der Waals surface area (Å²) in [6, 6.07) is 0. The van der Waals surface area contributed by atoms with Gasteiger partial charge in [-0.25, -0.2) is 0 Å². The van der Waals surface area contributed by atoms with Gasteiger partial charge in [0.15, 0.2) is 0 Å². The summed E-state index contributed by atoms with van der Waals surface area (Å²) >= 11 is 0. The van der Waals surface area contributed by atoms with Crippen molar-refractivity contribution in [2.75, 3.05) is 97.5 Å². The Labute approximate surface area is 190 Å². The zero-order chi connectivity index (χ0) is 26.0. The van der Waals surface area contributed by atoms with Crippen molar-refractivity contribution < 1.29 is 22.8 Å². The first kappa shape index (κ1) is 41.4. The lowest BCUT2D eigenvalue weighted by molar-refractivity contribution is 0.582. The zero-order valence-electron chi connectivity index (χ0n) is 22.8. The second-order valence-corrected chi connectivity index (χ2v) is 28.4. The van der Waals surface area contributed by atoms with Crippen LogP contribution in [0.15, 0.2) is 0 Å². The monoisotopic (exact) mass is 530 g/mol. The SMILES string of the molecule is CCP(C)(C)=O.CCP(C)(C)=O.CCP(C)(C)=O.CCP(C)(C)=O.CCP(C)(C)=O. The van der Waals surface area contributed by atoms with Crippen molar-refractivity contribution in [2.45, 2.75) is 34.6 Å². The molecule has 0 aromatic carbocycles. The molecule has 0 aliphatic carbocycles. The molecule has 0 rings (SSSR count). The lowest BCUT2D eigenvalue weighted by atomic mass is 11.0. The van der Waals surface area contributed by atoms with Crippen LogP contribution in [0.25, 0.3) is 0 Å². The molecular formula is C20H55O5P5. The zero-order valence-corrected chi connectivity index (χ0v) is 27.3. The Kier molecular flexibility index (Phi) is 27.1. The molecule has 0 saturated carbocycles. The highest BCUT2D eigenvalue weighted by atomic mass is 31.2. The summed E-state index contributed by atoms with van der Waals surface area (Å²) in [5, 5.41) is 0. The molecule has 0 fully saturated rings. The fourth-order valence-corrected chi connectivity index (χ4v) is 0. The summed E-state index contributed by atoms with van der Waals surface area (Å²) < 4.78 is 52.9. The Morgan fingerprint density at radius 2 is 0.333 bits per heavy atom. The highest BCUT2D eigenvalue weighted by Crippen LogP contribution is 2.35. The van der Waals surface area contributed by atoms with Crippen molar-refractivity contribution in [3.63, 3.8) is 0 Å². The summed E-state index contributed by atoms with van der Waals surface area (Å²) in [6.45, 7) is 27.7. The summed E-state index contributed by atoms with van der Waals surface area (Å²) in [4.78, 5) is 0. The lowest BCUT2D eigenvalue weighted by Crippen LogP contribution is -1.74. The number of hydrogen-bond donors (Lipinski definition) is 0. The molecule has 0 spiro atoms. The van der Waals surface area contributed by atoms with Gasteiger partial charge in [0.1, 0.15) is 0 Å². The van der Waals surface area contributed by atoms with Crippen molar-refractivity contribution in [2.24, 2.45) is 0 Å². The fourth-order valence-electron chi connectivity index (χ4n) is 0. The van der Waals surface area contributed by atoms with Crippen molar-refractivity contribution >= 4 is 35.7 Å². The summed E-state index contributed by atoms with van der Waals surface area (Å²) in [6.07, 6.45) is 4.13. The van der Waals surface area contributed by atoms with Gasteiger partial charge < -0.3 is 22.8 Å². The van der Waals surface area contributed by atoms with E-state index in [9.17, 15) is 22.8 Å². The molecule has 190 valence electrons. The minimum absolute atomic E-state index is 0.826. The average molecular weight is 531 g/mol. The van der Waals surface area contributed by atoms with Crippen molar-refractivity contribution in [1.82, 2.24) is 0 Å². The van der Waals surface area contributed by atoms with Gasteiger partial charge in [-0.15, -0.1) is 0 Å². The predicted molar refractivity (Wildman–Crippen MR) is 150 cm³/mol. The van der Waals surface area contributed by atoms with Crippen molar-refractivity contribution in [3.05, 3.63) is 0 Å². The molecule has 0 heterocycles. The Morgan fingerprint density at radius 3 is 0.333 bits per heavy atom. The van der Waals surface area contributed by atoms with Gasteiger partial charge in [0.05, 0.1) is 35.7 Å². The van der Waals surface area contributed by atoms with Gasteiger partial charge in [0.2, 0.25) is 0 Å². The molecular weight excluding hydrogens is 475 g/mol. The molecule has 0 atom stereocenters. The van der Waals surface area contributed by atoms with Gasteiger partial charge in [0, 0.05) is 0 Å². The number of hydrogen-bond acceptors (Lipinski definition) is 5. The van der Waals surface area contributed by atoms with E-state index in [1.165, 1.54) is 0 Å². The van der Waals surface area contributed by atoms with Crippen LogP contribution in [0.5, 0.6) is 0 Å². The molecule has 0 N–H and O–H groups in total. The summed E-state index contributed by atoms with van der Waals surface area (Å²) in [5.74, 6) is 0. The highest BCUT2D eigenvalue weighted by molar-refractivity contribution is 7.63. The maximum atomic E-state index is 10.6.